The number of imide groups is 1. The molecule has 0 unspecified atom stereocenters. The number of benzene rings is 5. The molecule has 4 amide bonds. The van der Waals surface area contributed by atoms with Crippen LogP contribution in [0.5, 0.6) is 0 Å². The van der Waals surface area contributed by atoms with Gasteiger partial charge in [-0.2, -0.15) is 0 Å². The number of Topliss-reactive ketones (excluding diaryl/α,β-unsaturated/α-hetero) is 1. The fourth-order valence-corrected chi connectivity index (χ4v) is 6.56. The lowest BCUT2D eigenvalue weighted by molar-refractivity contribution is 0.0894. The van der Waals surface area contributed by atoms with Gasteiger partial charge in [0.1, 0.15) is 0 Å². The lowest BCUT2D eigenvalue weighted by Gasteiger charge is -2.26. The van der Waals surface area contributed by atoms with Crippen molar-refractivity contribution < 1.29 is 24.0 Å². The Morgan fingerprint density at radius 1 is 0.667 bits per heavy atom. The lowest BCUT2D eigenvalue weighted by atomic mass is 10.0. The van der Waals surface area contributed by atoms with E-state index in [0.29, 0.717) is 74.7 Å². The summed E-state index contributed by atoms with van der Waals surface area (Å²) in [5.74, 6) is -1.74. The van der Waals surface area contributed by atoms with Crippen molar-refractivity contribution in [3.05, 3.63) is 158 Å². The van der Waals surface area contributed by atoms with Crippen LogP contribution in [0.4, 0.5) is 17.1 Å². The van der Waals surface area contributed by atoms with Crippen molar-refractivity contribution in [2.24, 2.45) is 0 Å². The number of anilines is 3. The first kappa shape index (κ1) is 35.0. The molecule has 0 saturated heterocycles. The van der Waals surface area contributed by atoms with E-state index >= 15 is 0 Å². The summed E-state index contributed by atoms with van der Waals surface area (Å²) in [6.45, 7) is 7.50. The molecular formula is C42H36ClN3O5. The molecule has 51 heavy (non-hydrogen) atoms. The first-order valence-electron chi connectivity index (χ1n) is 16.6. The van der Waals surface area contributed by atoms with Crippen LogP contribution in [0.1, 0.15) is 86.9 Å². The number of carbonyl (C=O) groups excluding carboxylic acids is 5. The molecule has 5 aromatic rings. The number of hydrogen-bond acceptors (Lipinski definition) is 5. The van der Waals surface area contributed by atoms with Gasteiger partial charge in [-0.25, -0.2) is 4.90 Å². The van der Waals surface area contributed by atoms with Crippen LogP contribution in [0.25, 0.3) is 0 Å². The van der Waals surface area contributed by atoms with Gasteiger partial charge in [0.05, 0.1) is 11.4 Å². The summed E-state index contributed by atoms with van der Waals surface area (Å²) in [5.41, 5.74) is 5.87. The molecule has 0 aromatic heterocycles. The number of fused-ring (bicyclic) bond motifs is 1. The smallest absolute Gasteiger partial charge is 0.265 e. The third-order valence-electron chi connectivity index (χ3n) is 9.17. The maximum Gasteiger partial charge on any atom is 0.265 e. The number of hydrogen-bond donors (Lipinski definition) is 1. The summed E-state index contributed by atoms with van der Waals surface area (Å²) in [4.78, 5) is 71.2. The van der Waals surface area contributed by atoms with Gasteiger partial charge in [-0.1, -0.05) is 48.0 Å². The van der Waals surface area contributed by atoms with Crippen molar-refractivity contribution in [2.45, 2.75) is 40.5 Å². The number of amides is 4. The van der Waals surface area contributed by atoms with Crippen LogP contribution in [-0.4, -0.2) is 36.0 Å². The highest BCUT2D eigenvalue weighted by Crippen LogP contribution is 2.32. The molecule has 5 aromatic carbocycles. The normalized spacial score (nSPS) is 12.5. The van der Waals surface area contributed by atoms with Crippen molar-refractivity contribution in [3.63, 3.8) is 0 Å². The highest BCUT2D eigenvalue weighted by atomic mass is 35.5. The number of ketones is 1. The van der Waals surface area contributed by atoms with Crippen LogP contribution in [0.15, 0.2) is 103 Å². The predicted octanol–water partition coefficient (Wildman–Crippen LogP) is 8.94. The average Bonchev–Trinajstić information content (AvgIpc) is 3.26. The van der Waals surface area contributed by atoms with E-state index in [0.717, 1.165) is 10.5 Å². The van der Waals surface area contributed by atoms with Crippen LogP contribution in [-0.2, 0) is 0 Å². The minimum absolute atomic E-state index is 0.0734. The summed E-state index contributed by atoms with van der Waals surface area (Å²) < 4.78 is 0. The highest BCUT2D eigenvalue weighted by molar-refractivity contribution is 6.31. The second kappa shape index (κ2) is 14.5. The molecule has 256 valence electrons. The molecule has 0 atom stereocenters. The molecule has 0 fully saturated rings. The summed E-state index contributed by atoms with van der Waals surface area (Å²) in [7, 11) is 0. The van der Waals surface area contributed by atoms with Gasteiger partial charge in [0.25, 0.3) is 23.6 Å². The van der Waals surface area contributed by atoms with Crippen molar-refractivity contribution in [2.75, 3.05) is 21.7 Å². The lowest BCUT2D eigenvalue weighted by Crippen LogP contribution is -2.38. The summed E-state index contributed by atoms with van der Waals surface area (Å²) >= 11 is 6.19. The first-order chi connectivity index (χ1) is 24.4. The zero-order chi connectivity index (χ0) is 36.4. The van der Waals surface area contributed by atoms with Crippen LogP contribution >= 0.6 is 11.6 Å². The van der Waals surface area contributed by atoms with Crippen molar-refractivity contribution in [1.29, 1.82) is 0 Å². The fraction of sp³-hybridized carbons (Fsp3) is 0.167. The molecule has 1 aliphatic heterocycles. The Bertz CT molecular complexity index is 2240. The zero-order valence-electron chi connectivity index (χ0n) is 28.7. The maximum atomic E-state index is 14.4. The number of rotatable bonds is 6. The van der Waals surface area contributed by atoms with Crippen molar-refractivity contribution >= 4 is 58.1 Å². The van der Waals surface area contributed by atoms with Gasteiger partial charge in [0.2, 0.25) is 0 Å². The molecule has 0 spiro atoms. The van der Waals surface area contributed by atoms with Crippen LogP contribution in [0.2, 0.25) is 5.02 Å². The molecule has 0 aliphatic carbocycles. The van der Waals surface area contributed by atoms with Crippen LogP contribution in [0.3, 0.4) is 0 Å². The molecule has 6 rings (SSSR count). The maximum absolute atomic E-state index is 14.4. The van der Waals surface area contributed by atoms with Crippen molar-refractivity contribution in [3.8, 4) is 0 Å². The second-order valence-corrected chi connectivity index (χ2v) is 13.1. The fourth-order valence-electron chi connectivity index (χ4n) is 6.39. The molecule has 1 N–H and O–H groups in total. The average molecular weight is 698 g/mol. The molecule has 9 heteroatoms. The van der Waals surface area contributed by atoms with Gasteiger partial charge in [0, 0.05) is 51.5 Å². The third kappa shape index (κ3) is 7.09. The number of aryl methyl sites for hydroxylation is 4. The van der Waals surface area contributed by atoms with Gasteiger partial charge in [-0.3, -0.25) is 24.0 Å². The topological polar surface area (TPSA) is 104 Å². The minimum atomic E-state index is -0.562. The molecule has 1 aliphatic rings. The van der Waals surface area contributed by atoms with E-state index in [1.54, 1.807) is 111 Å². The van der Waals surface area contributed by atoms with E-state index in [4.69, 9.17) is 11.6 Å². The summed E-state index contributed by atoms with van der Waals surface area (Å²) in [5, 5.41) is 3.31. The summed E-state index contributed by atoms with van der Waals surface area (Å²) in [6, 6.07) is 29.0. The Labute approximate surface area is 301 Å². The third-order valence-corrected chi connectivity index (χ3v) is 9.40. The van der Waals surface area contributed by atoms with E-state index in [9.17, 15) is 24.0 Å². The Morgan fingerprint density at radius 3 is 1.92 bits per heavy atom. The standard InChI is InChI=1S/C42H36ClN3O5/c1-25-10-5-7-12-32(25)39(48)44-30-16-18-35(27(3)22-30)42(51)46(41(50)33-13-8-6-11-26(33)2)31-17-19-34(28(4)23-31)40(49)45-21-9-14-38(47)36-24-29(43)15-20-37(36)45/h5-8,10-13,15-20,22-24H,9,14,21H2,1-4H3,(H,44,48). The molecule has 8 nitrogen and oxygen atoms in total. The molecule has 0 radical (unpaired) electrons. The molecular weight excluding hydrogens is 662 g/mol. The molecule has 0 saturated carbocycles. The summed E-state index contributed by atoms with van der Waals surface area (Å²) in [6.07, 6.45) is 0.793. The second-order valence-electron chi connectivity index (χ2n) is 12.7. The van der Waals surface area contributed by atoms with Gasteiger partial charge in [-0.05, 0) is 123 Å². The van der Waals surface area contributed by atoms with Crippen LogP contribution in [0, 0.1) is 27.7 Å². The molecule has 0 bridgehead atoms. The first-order valence-corrected chi connectivity index (χ1v) is 17.0. The van der Waals surface area contributed by atoms with Gasteiger partial charge >= 0.3 is 0 Å². The van der Waals surface area contributed by atoms with Gasteiger partial charge in [0.15, 0.2) is 5.78 Å². The largest absolute Gasteiger partial charge is 0.322 e. The van der Waals surface area contributed by atoms with E-state index in [2.05, 4.69) is 5.32 Å². The van der Waals surface area contributed by atoms with Crippen molar-refractivity contribution in [1.82, 2.24) is 0 Å². The number of carbonyl (C=O) groups is 5. The van der Waals surface area contributed by atoms with Gasteiger partial charge < -0.3 is 10.2 Å². The van der Waals surface area contributed by atoms with Crippen LogP contribution < -0.4 is 15.1 Å². The Hall–Kier alpha value is -5.86. The van der Waals surface area contributed by atoms with Gasteiger partial charge in [-0.15, -0.1) is 0 Å². The minimum Gasteiger partial charge on any atom is -0.322 e. The van der Waals surface area contributed by atoms with E-state index in [-0.39, 0.29) is 28.8 Å². The molecule has 1 heterocycles. The number of halogens is 1. The number of nitrogens with zero attached hydrogens (tertiary/aromatic N) is 2. The van der Waals surface area contributed by atoms with E-state index in [1.165, 1.54) is 0 Å². The Balaban J connectivity index is 1.35. The number of nitrogens with one attached hydrogen (secondary N) is 1. The zero-order valence-corrected chi connectivity index (χ0v) is 29.5. The van der Waals surface area contributed by atoms with E-state index < -0.39 is 11.8 Å². The van der Waals surface area contributed by atoms with E-state index in [1.807, 2.05) is 25.1 Å². The SMILES string of the molecule is Cc1ccccc1C(=O)Nc1ccc(C(=O)N(C(=O)c2ccccc2C)c2ccc(C(=O)N3CCCC(=O)c4cc(Cl)ccc43)c(C)c2)c(C)c1. The Morgan fingerprint density at radius 2 is 1.27 bits per heavy atom. The quantitative estimate of drug-likeness (QED) is 0.179. The predicted molar refractivity (Wildman–Crippen MR) is 201 cm³/mol. The Kier molecular flexibility index (Phi) is 9.98. The monoisotopic (exact) mass is 697 g/mol. The highest BCUT2D eigenvalue weighted by Gasteiger charge is 2.31.